The van der Waals surface area contributed by atoms with E-state index in [0.29, 0.717) is 12.5 Å². The molecule has 1 rings (SSSR count). The highest BCUT2D eigenvalue weighted by molar-refractivity contribution is 5.19. The Morgan fingerprint density at radius 3 is 2.53 bits per heavy atom. The second-order valence-corrected chi connectivity index (χ2v) is 5.26. The van der Waals surface area contributed by atoms with Gasteiger partial charge in [-0.1, -0.05) is 13.8 Å². The van der Waals surface area contributed by atoms with Gasteiger partial charge in [-0.05, 0) is 26.2 Å². The zero-order chi connectivity index (χ0) is 13.0. The van der Waals surface area contributed by atoms with Crippen LogP contribution in [-0.2, 0) is 7.05 Å². The maximum Gasteiger partial charge on any atom is 0.0667 e. The van der Waals surface area contributed by atoms with Gasteiger partial charge in [-0.25, -0.2) is 0 Å². The second-order valence-electron chi connectivity index (χ2n) is 5.26. The highest BCUT2D eigenvalue weighted by Gasteiger charge is 2.13. The van der Waals surface area contributed by atoms with Crippen molar-refractivity contribution in [1.82, 2.24) is 15.1 Å². The van der Waals surface area contributed by atoms with Crippen LogP contribution in [0.4, 0.5) is 0 Å². The molecular formula is C13H25N3O. The molecule has 1 aromatic heterocycles. The Balaban J connectivity index is 2.44. The number of hydrogen-bond donors (Lipinski definition) is 2. The van der Waals surface area contributed by atoms with E-state index in [1.807, 2.05) is 24.9 Å². The van der Waals surface area contributed by atoms with Gasteiger partial charge in [0, 0.05) is 31.4 Å². The van der Waals surface area contributed by atoms with E-state index < -0.39 is 0 Å². The average molecular weight is 239 g/mol. The number of aliphatic hydroxyl groups is 1. The predicted molar refractivity (Wildman–Crippen MR) is 69.8 cm³/mol. The molecule has 0 aliphatic rings. The van der Waals surface area contributed by atoms with Crippen molar-refractivity contribution in [3.05, 3.63) is 17.5 Å². The summed E-state index contributed by atoms with van der Waals surface area (Å²) in [6.07, 6.45) is 2.60. The van der Waals surface area contributed by atoms with Crippen molar-refractivity contribution < 1.29 is 5.11 Å². The Hall–Kier alpha value is -0.870. The molecule has 4 nitrogen and oxygen atoms in total. The van der Waals surface area contributed by atoms with Crippen molar-refractivity contribution in [2.75, 3.05) is 6.54 Å². The molecule has 0 saturated heterocycles. The largest absolute Gasteiger partial charge is 0.392 e. The first-order valence-corrected chi connectivity index (χ1v) is 6.31. The van der Waals surface area contributed by atoms with Crippen molar-refractivity contribution in [3.63, 3.8) is 0 Å². The van der Waals surface area contributed by atoms with Crippen molar-refractivity contribution >= 4 is 0 Å². The number of aromatic nitrogens is 2. The van der Waals surface area contributed by atoms with E-state index in [-0.39, 0.29) is 12.1 Å². The first-order chi connectivity index (χ1) is 7.90. The average Bonchev–Trinajstić information content (AvgIpc) is 2.53. The minimum absolute atomic E-state index is 0.227. The third-order valence-corrected chi connectivity index (χ3v) is 2.92. The molecule has 98 valence electrons. The summed E-state index contributed by atoms with van der Waals surface area (Å²) in [4.78, 5) is 0. The van der Waals surface area contributed by atoms with Gasteiger partial charge in [-0.2, -0.15) is 5.10 Å². The van der Waals surface area contributed by atoms with Gasteiger partial charge in [0.25, 0.3) is 0 Å². The molecule has 2 atom stereocenters. The van der Waals surface area contributed by atoms with Gasteiger partial charge < -0.3 is 10.4 Å². The molecule has 4 heteroatoms. The van der Waals surface area contributed by atoms with Crippen LogP contribution in [0, 0.1) is 12.8 Å². The Labute approximate surface area is 104 Å². The highest BCUT2D eigenvalue weighted by atomic mass is 16.3. The van der Waals surface area contributed by atoms with E-state index in [4.69, 9.17) is 0 Å². The number of nitrogens with zero attached hydrogens (tertiary/aromatic N) is 2. The maximum atomic E-state index is 9.81. The van der Waals surface area contributed by atoms with E-state index in [0.717, 1.165) is 12.1 Å². The Kier molecular flexibility index (Phi) is 5.15. The molecule has 0 bridgehead atoms. The van der Waals surface area contributed by atoms with Gasteiger partial charge in [0.2, 0.25) is 0 Å². The molecule has 1 aromatic rings. The van der Waals surface area contributed by atoms with E-state index in [1.165, 1.54) is 5.56 Å². The van der Waals surface area contributed by atoms with Gasteiger partial charge in [0.05, 0.1) is 11.8 Å². The summed E-state index contributed by atoms with van der Waals surface area (Å²) in [6, 6.07) is 0.227. The van der Waals surface area contributed by atoms with Crippen LogP contribution in [0.2, 0.25) is 0 Å². The SMILES string of the molecule is Cc1nn(C)cc1C(C)NCC(O)CC(C)C. The lowest BCUT2D eigenvalue weighted by molar-refractivity contribution is 0.143. The summed E-state index contributed by atoms with van der Waals surface area (Å²) < 4.78 is 1.83. The van der Waals surface area contributed by atoms with Gasteiger partial charge in [0.1, 0.15) is 0 Å². The van der Waals surface area contributed by atoms with Crippen molar-refractivity contribution in [2.45, 2.75) is 46.3 Å². The Bertz CT molecular complexity index is 346. The molecule has 0 saturated carbocycles. The zero-order valence-electron chi connectivity index (χ0n) is 11.6. The molecule has 1 heterocycles. The summed E-state index contributed by atoms with van der Waals surface area (Å²) in [5.41, 5.74) is 2.25. The molecule has 0 spiro atoms. The van der Waals surface area contributed by atoms with Crippen LogP contribution in [0.1, 0.15) is 44.5 Å². The monoisotopic (exact) mass is 239 g/mol. The summed E-state index contributed by atoms with van der Waals surface area (Å²) in [5, 5.41) is 17.5. The Morgan fingerprint density at radius 2 is 2.06 bits per heavy atom. The van der Waals surface area contributed by atoms with Crippen LogP contribution in [0.3, 0.4) is 0 Å². The van der Waals surface area contributed by atoms with E-state index in [9.17, 15) is 5.11 Å². The number of aliphatic hydroxyl groups excluding tert-OH is 1. The van der Waals surface area contributed by atoms with Gasteiger partial charge in [-0.3, -0.25) is 4.68 Å². The van der Waals surface area contributed by atoms with Gasteiger partial charge >= 0.3 is 0 Å². The first-order valence-electron chi connectivity index (χ1n) is 6.31. The second kappa shape index (κ2) is 6.17. The van der Waals surface area contributed by atoms with Crippen molar-refractivity contribution in [1.29, 1.82) is 0 Å². The third-order valence-electron chi connectivity index (χ3n) is 2.92. The van der Waals surface area contributed by atoms with Crippen LogP contribution >= 0.6 is 0 Å². The van der Waals surface area contributed by atoms with Crippen LogP contribution in [0.15, 0.2) is 6.20 Å². The van der Waals surface area contributed by atoms with Crippen molar-refractivity contribution in [2.24, 2.45) is 13.0 Å². The quantitative estimate of drug-likeness (QED) is 0.795. The fourth-order valence-electron chi connectivity index (χ4n) is 2.09. The number of hydrogen-bond acceptors (Lipinski definition) is 3. The molecule has 0 aromatic carbocycles. The minimum Gasteiger partial charge on any atom is -0.392 e. The summed E-state index contributed by atoms with van der Waals surface area (Å²) in [7, 11) is 1.93. The fraction of sp³-hybridized carbons (Fsp3) is 0.769. The van der Waals surface area contributed by atoms with Gasteiger partial charge in [0.15, 0.2) is 0 Å². The van der Waals surface area contributed by atoms with Crippen LogP contribution in [-0.4, -0.2) is 27.5 Å². The van der Waals surface area contributed by atoms with Crippen LogP contribution in [0.25, 0.3) is 0 Å². The molecule has 0 fully saturated rings. The summed E-state index contributed by atoms with van der Waals surface area (Å²) >= 11 is 0. The molecule has 0 aliphatic heterocycles. The van der Waals surface area contributed by atoms with E-state index in [2.05, 4.69) is 31.2 Å². The van der Waals surface area contributed by atoms with E-state index in [1.54, 1.807) is 0 Å². The number of rotatable bonds is 6. The minimum atomic E-state index is -0.269. The lowest BCUT2D eigenvalue weighted by Gasteiger charge is -2.18. The van der Waals surface area contributed by atoms with Crippen molar-refractivity contribution in [3.8, 4) is 0 Å². The standard InChI is InChI=1S/C13H25N3O/c1-9(2)6-12(17)7-14-10(3)13-8-16(5)15-11(13)4/h8-10,12,14,17H,6-7H2,1-5H3. The number of aryl methyl sites for hydroxylation is 2. The summed E-state index contributed by atoms with van der Waals surface area (Å²) in [5.74, 6) is 0.530. The predicted octanol–water partition coefficient (Wildman–Crippen LogP) is 1.79. The molecule has 0 aliphatic carbocycles. The Morgan fingerprint density at radius 1 is 1.41 bits per heavy atom. The zero-order valence-corrected chi connectivity index (χ0v) is 11.6. The highest BCUT2D eigenvalue weighted by Crippen LogP contribution is 2.15. The molecule has 2 N–H and O–H groups in total. The van der Waals surface area contributed by atoms with Crippen LogP contribution in [0.5, 0.6) is 0 Å². The summed E-state index contributed by atoms with van der Waals surface area (Å²) in [6.45, 7) is 8.99. The molecule has 2 unspecified atom stereocenters. The van der Waals surface area contributed by atoms with Crippen LogP contribution < -0.4 is 5.32 Å². The third kappa shape index (κ3) is 4.48. The smallest absolute Gasteiger partial charge is 0.0667 e. The lowest BCUT2D eigenvalue weighted by Crippen LogP contribution is -2.30. The van der Waals surface area contributed by atoms with Gasteiger partial charge in [-0.15, -0.1) is 0 Å². The molecule has 17 heavy (non-hydrogen) atoms. The van der Waals surface area contributed by atoms with E-state index >= 15 is 0 Å². The molecular weight excluding hydrogens is 214 g/mol. The lowest BCUT2D eigenvalue weighted by atomic mass is 10.1. The molecule has 0 amide bonds. The number of nitrogens with one attached hydrogen (secondary N) is 1. The normalized spacial score (nSPS) is 15.2. The molecule has 0 radical (unpaired) electrons. The maximum absolute atomic E-state index is 9.81. The first kappa shape index (κ1) is 14.2. The fourth-order valence-corrected chi connectivity index (χ4v) is 2.09. The topological polar surface area (TPSA) is 50.1 Å².